The van der Waals surface area contributed by atoms with Crippen LogP contribution in [0.5, 0.6) is 0 Å². The zero-order valence-corrected chi connectivity index (χ0v) is 16.6. The van der Waals surface area contributed by atoms with Crippen LogP contribution in [0, 0.1) is 0 Å². The molecule has 0 aliphatic rings. The third kappa shape index (κ3) is 5.69. The van der Waals surface area contributed by atoms with Crippen molar-refractivity contribution < 1.29 is 9.59 Å². The van der Waals surface area contributed by atoms with E-state index in [-0.39, 0.29) is 11.6 Å². The van der Waals surface area contributed by atoms with Gasteiger partial charge in [0.15, 0.2) is 11.6 Å². The first-order chi connectivity index (χ1) is 12.5. The van der Waals surface area contributed by atoms with E-state index < -0.39 is 0 Å². The maximum atomic E-state index is 12.6. The summed E-state index contributed by atoms with van der Waals surface area (Å²) in [5, 5.41) is 0.649. The van der Waals surface area contributed by atoms with Crippen LogP contribution in [0.2, 0.25) is 10.0 Å². The van der Waals surface area contributed by atoms with Gasteiger partial charge < -0.3 is 0 Å². The number of unbranched alkanes of at least 4 members (excludes halogenated alkanes) is 5. The molecule has 0 heterocycles. The number of hydrogen-bond donors (Lipinski definition) is 0. The summed E-state index contributed by atoms with van der Waals surface area (Å²) < 4.78 is 0. The number of carbonyl (C=O) groups is 2. The van der Waals surface area contributed by atoms with E-state index in [2.05, 4.69) is 6.92 Å². The van der Waals surface area contributed by atoms with Crippen molar-refractivity contribution in [2.75, 3.05) is 0 Å². The lowest BCUT2D eigenvalue weighted by Gasteiger charge is -2.07. The van der Waals surface area contributed by atoms with Gasteiger partial charge in [-0.1, -0.05) is 92.6 Å². The fourth-order valence-corrected chi connectivity index (χ4v) is 3.45. The van der Waals surface area contributed by atoms with Crippen LogP contribution < -0.4 is 0 Å². The molecule has 0 aromatic heterocycles. The third-order valence-corrected chi connectivity index (χ3v) is 5.05. The highest BCUT2D eigenvalue weighted by Crippen LogP contribution is 2.27. The van der Waals surface area contributed by atoms with Crippen LogP contribution in [0.1, 0.15) is 78.1 Å². The lowest BCUT2D eigenvalue weighted by molar-refractivity contribution is 0.0977. The van der Waals surface area contributed by atoms with Crippen molar-refractivity contribution in [1.82, 2.24) is 0 Å². The first-order valence-electron chi connectivity index (χ1n) is 9.16. The average Bonchev–Trinajstić information content (AvgIpc) is 2.64. The van der Waals surface area contributed by atoms with Gasteiger partial charge in [0.05, 0.1) is 15.6 Å². The molecule has 0 aliphatic heterocycles. The van der Waals surface area contributed by atoms with E-state index in [1.807, 2.05) is 0 Å². The molecule has 0 spiro atoms. The molecule has 2 rings (SSSR count). The van der Waals surface area contributed by atoms with Gasteiger partial charge in [-0.05, 0) is 18.6 Å². The molecule has 0 N–H and O–H groups in total. The van der Waals surface area contributed by atoms with Crippen molar-refractivity contribution in [3.8, 4) is 0 Å². The Morgan fingerprint density at radius 2 is 1.31 bits per heavy atom. The van der Waals surface area contributed by atoms with Crippen molar-refractivity contribution in [3.05, 3.63) is 69.2 Å². The van der Waals surface area contributed by atoms with Gasteiger partial charge in [0.2, 0.25) is 0 Å². The summed E-state index contributed by atoms with van der Waals surface area (Å²) in [6, 6.07) is 11.7. The summed E-state index contributed by atoms with van der Waals surface area (Å²) in [7, 11) is 0. The van der Waals surface area contributed by atoms with Gasteiger partial charge in [0, 0.05) is 17.5 Å². The van der Waals surface area contributed by atoms with E-state index in [0.29, 0.717) is 33.2 Å². The minimum absolute atomic E-state index is 0.121. The first-order valence-corrected chi connectivity index (χ1v) is 9.92. The summed E-state index contributed by atoms with van der Waals surface area (Å²) in [6.07, 6.45) is 7.48. The quantitative estimate of drug-likeness (QED) is 0.318. The summed E-state index contributed by atoms with van der Waals surface area (Å²) in [4.78, 5) is 24.9. The molecule has 2 aromatic carbocycles. The van der Waals surface area contributed by atoms with Gasteiger partial charge >= 0.3 is 0 Å². The molecule has 0 fully saturated rings. The summed E-state index contributed by atoms with van der Waals surface area (Å²) in [6.45, 7) is 2.19. The van der Waals surface area contributed by atoms with Crippen LogP contribution in [0.4, 0.5) is 0 Å². The number of benzene rings is 2. The molecule has 0 amide bonds. The molecular formula is C22H24Cl2O2. The molecule has 2 nitrogen and oxygen atoms in total. The molecule has 0 atom stereocenters. The highest BCUT2D eigenvalue weighted by atomic mass is 35.5. The summed E-state index contributed by atoms with van der Waals surface area (Å²) in [5.74, 6) is -0.120. The molecule has 0 bridgehead atoms. The SMILES string of the molecule is CCCCCCCCC(=O)c1ccc(C(=O)c2c(Cl)cccc2Cl)cc1. The van der Waals surface area contributed by atoms with Gasteiger partial charge in [-0.3, -0.25) is 9.59 Å². The van der Waals surface area contributed by atoms with Crippen molar-refractivity contribution in [2.45, 2.75) is 51.9 Å². The maximum absolute atomic E-state index is 12.6. The number of halogens is 2. The number of Topliss-reactive ketones (excluding diaryl/α,β-unsaturated/α-hetero) is 1. The van der Waals surface area contributed by atoms with Gasteiger partial charge in [0.25, 0.3) is 0 Å². The van der Waals surface area contributed by atoms with Crippen molar-refractivity contribution in [3.63, 3.8) is 0 Å². The second kappa shape index (κ2) is 10.5. The Labute approximate surface area is 165 Å². The molecule has 0 saturated carbocycles. The van der Waals surface area contributed by atoms with Gasteiger partial charge in [-0.15, -0.1) is 0 Å². The zero-order chi connectivity index (χ0) is 18.9. The highest BCUT2D eigenvalue weighted by Gasteiger charge is 2.17. The molecule has 138 valence electrons. The fourth-order valence-electron chi connectivity index (χ4n) is 2.88. The van der Waals surface area contributed by atoms with Crippen LogP contribution in [0.25, 0.3) is 0 Å². The van der Waals surface area contributed by atoms with Crippen molar-refractivity contribution >= 4 is 34.8 Å². The number of rotatable bonds is 10. The Hall–Kier alpha value is -1.64. The Bertz CT molecular complexity index is 731. The largest absolute Gasteiger partial charge is 0.294 e. The van der Waals surface area contributed by atoms with Crippen molar-refractivity contribution in [2.24, 2.45) is 0 Å². The lowest BCUT2D eigenvalue weighted by Crippen LogP contribution is -2.05. The van der Waals surface area contributed by atoms with Gasteiger partial charge in [-0.25, -0.2) is 0 Å². The second-order valence-corrected chi connectivity index (χ2v) is 7.26. The molecule has 4 heteroatoms. The Kier molecular flexibility index (Phi) is 8.34. The molecule has 26 heavy (non-hydrogen) atoms. The van der Waals surface area contributed by atoms with E-state index in [0.717, 1.165) is 12.8 Å². The van der Waals surface area contributed by atoms with Gasteiger partial charge in [-0.2, -0.15) is 0 Å². The first kappa shape index (κ1) is 20.7. The van der Waals surface area contributed by atoms with Gasteiger partial charge in [0.1, 0.15) is 0 Å². The highest BCUT2D eigenvalue weighted by molar-refractivity contribution is 6.41. The maximum Gasteiger partial charge on any atom is 0.196 e. The summed E-state index contributed by atoms with van der Waals surface area (Å²) >= 11 is 12.2. The van der Waals surface area contributed by atoms with E-state index in [1.165, 1.54) is 25.7 Å². The standard InChI is InChI=1S/C22H24Cl2O2/c1-2-3-4-5-6-7-11-20(25)16-12-14-17(15-13-16)22(26)21-18(23)9-8-10-19(21)24/h8-10,12-15H,2-7,11H2,1H3. The predicted octanol–water partition coefficient (Wildman–Crippen LogP) is 7.16. The van der Waals surface area contributed by atoms with Crippen LogP contribution in [0.15, 0.2) is 42.5 Å². The summed E-state index contributed by atoms with van der Waals surface area (Å²) in [5.41, 5.74) is 1.40. The fraction of sp³-hybridized carbons (Fsp3) is 0.364. The van der Waals surface area contributed by atoms with Crippen LogP contribution in [0.3, 0.4) is 0 Å². The molecule has 0 saturated heterocycles. The Balaban J connectivity index is 1.95. The van der Waals surface area contributed by atoms with E-state index in [1.54, 1.807) is 42.5 Å². The topological polar surface area (TPSA) is 34.1 Å². The average molecular weight is 391 g/mol. The predicted molar refractivity (Wildman–Crippen MR) is 109 cm³/mol. The Morgan fingerprint density at radius 3 is 1.92 bits per heavy atom. The molecule has 0 aliphatic carbocycles. The zero-order valence-electron chi connectivity index (χ0n) is 15.1. The molecule has 2 aromatic rings. The monoisotopic (exact) mass is 390 g/mol. The second-order valence-electron chi connectivity index (χ2n) is 6.44. The molecule has 0 unspecified atom stereocenters. The molecule has 0 radical (unpaired) electrons. The number of carbonyl (C=O) groups excluding carboxylic acids is 2. The smallest absolute Gasteiger partial charge is 0.196 e. The van der Waals surface area contributed by atoms with E-state index in [9.17, 15) is 9.59 Å². The Morgan fingerprint density at radius 1 is 0.769 bits per heavy atom. The van der Waals surface area contributed by atoms with Crippen LogP contribution in [-0.2, 0) is 0 Å². The third-order valence-electron chi connectivity index (χ3n) is 4.42. The number of ketones is 2. The number of hydrogen-bond acceptors (Lipinski definition) is 2. The molecular weight excluding hydrogens is 367 g/mol. The van der Waals surface area contributed by atoms with Crippen LogP contribution in [-0.4, -0.2) is 11.6 Å². The minimum atomic E-state index is -0.240. The van der Waals surface area contributed by atoms with Crippen LogP contribution >= 0.6 is 23.2 Å². The van der Waals surface area contributed by atoms with E-state index >= 15 is 0 Å². The lowest BCUT2D eigenvalue weighted by atomic mass is 9.99. The normalized spacial score (nSPS) is 10.7. The van der Waals surface area contributed by atoms with Crippen molar-refractivity contribution in [1.29, 1.82) is 0 Å². The van der Waals surface area contributed by atoms with E-state index in [4.69, 9.17) is 23.2 Å². The minimum Gasteiger partial charge on any atom is -0.294 e.